The van der Waals surface area contributed by atoms with Gasteiger partial charge in [0, 0.05) is 11.4 Å². The molecule has 0 spiro atoms. The van der Waals surface area contributed by atoms with Crippen LogP contribution in [-0.2, 0) is 4.79 Å². The van der Waals surface area contributed by atoms with Crippen molar-refractivity contribution in [1.29, 1.82) is 0 Å². The lowest BCUT2D eigenvalue weighted by atomic mass is 9.73. The van der Waals surface area contributed by atoms with Gasteiger partial charge in [-0.25, -0.2) is 14.8 Å². The van der Waals surface area contributed by atoms with Gasteiger partial charge < -0.3 is 10.0 Å². The molecule has 0 radical (unpaired) electrons. The summed E-state index contributed by atoms with van der Waals surface area (Å²) in [6.45, 7) is 2.83. The summed E-state index contributed by atoms with van der Waals surface area (Å²) in [7, 11) is 0. The van der Waals surface area contributed by atoms with Gasteiger partial charge in [-0.15, -0.1) is 11.3 Å². The summed E-state index contributed by atoms with van der Waals surface area (Å²) in [6, 6.07) is 2.06. The van der Waals surface area contributed by atoms with Crippen LogP contribution in [0, 0.1) is 12.8 Å². The first-order valence-corrected chi connectivity index (χ1v) is 7.14. The van der Waals surface area contributed by atoms with Gasteiger partial charge in [0.15, 0.2) is 0 Å². The van der Waals surface area contributed by atoms with Crippen molar-refractivity contribution >= 4 is 33.3 Å². The minimum Gasteiger partial charge on any atom is -0.479 e. The number of carbonyl (C=O) groups is 1. The Bertz CT molecular complexity index is 690. The van der Waals surface area contributed by atoms with Crippen molar-refractivity contribution in [3.63, 3.8) is 0 Å². The number of rotatable bonds is 2. The van der Waals surface area contributed by atoms with Crippen molar-refractivity contribution < 1.29 is 9.90 Å². The normalized spacial score (nSPS) is 28.7. The van der Waals surface area contributed by atoms with E-state index in [1.807, 2.05) is 11.8 Å². The fourth-order valence-electron chi connectivity index (χ4n) is 3.44. The molecule has 2 aliphatic heterocycles. The van der Waals surface area contributed by atoms with Crippen LogP contribution >= 0.6 is 11.3 Å². The van der Waals surface area contributed by atoms with Crippen LogP contribution in [0.25, 0.3) is 10.2 Å². The average Bonchev–Trinajstić information content (AvgIpc) is 2.94. The van der Waals surface area contributed by atoms with Gasteiger partial charge in [-0.3, -0.25) is 0 Å². The highest BCUT2D eigenvalue weighted by Crippen LogP contribution is 2.53. The Morgan fingerprint density at radius 2 is 2.32 bits per heavy atom. The highest BCUT2D eigenvalue weighted by Gasteiger charge is 2.61. The largest absolute Gasteiger partial charge is 0.479 e. The van der Waals surface area contributed by atoms with Gasteiger partial charge >= 0.3 is 5.97 Å². The van der Waals surface area contributed by atoms with E-state index in [1.54, 1.807) is 17.7 Å². The molecule has 0 aromatic carbocycles. The first kappa shape index (κ1) is 11.2. The fourth-order valence-corrected chi connectivity index (χ4v) is 4.28. The molecule has 2 saturated heterocycles. The number of aliphatic carboxylic acids is 1. The summed E-state index contributed by atoms with van der Waals surface area (Å²) < 4.78 is 0. The lowest BCUT2D eigenvalue weighted by Gasteiger charge is -2.38. The van der Waals surface area contributed by atoms with Gasteiger partial charge in [0.05, 0.1) is 5.39 Å². The molecule has 1 saturated carbocycles. The van der Waals surface area contributed by atoms with E-state index < -0.39 is 11.5 Å². The zero-order valence-electron chi connectivity index (χ0n) is 10.5. The number of carboxylic acid groups (broad SMARTS) is 1. The molecule has 0 atom stereocenters. The van der Waals surface area contributed by atoms with Crippen molar-refractivity contribution in [2.75, 3.05) is 11.4 Å². The molecule has 3 aliphatic rings. The van der Waals surface area contributed by atoms with E-state index >= 15 is 0 Å². The van der Waals surface area contributed by atoms with Crippen LogP contribution in [0.1, 0.15) is 17.7 Å². The molecule has 0 unspecified atom stereocenters. The monoisotopic (exact) mass is 275 g/mol. The molecule has 19 heavy (non-hydrogen) atoms. The van der Waals surface area contributed by atoms with E-state index in [0.717, 1.165) is 35.4 Å². The highest BCUT2D eigenvalue weighted by atomic mass is 32.1. The number of aromatic nitrogens is 2. The molecule has 5 rings (SSSR count). The van der Waals surface area contributed by atoms with Gasteiger partial charge in [0.2, 0.25) is 0 Å². The third kappa shape index (κ3) is 1.32. The topological polar surface area (TPSA) is 66.3 Å². The molecule has 4 heterocycles. The Balaban J connectivity index is 1.89. The van der Waals surface area contributed by atoms with Crippen molar-refractivity contribution in [3.8, 4) is 0 Å². The van der Waals surface area contributed by atoms with Gasteiger partial charge in [0.1, 0.15) is 22.5 Å². The molecule has 5 nitrogen and oxygen atoms in total. The van der Waals surface area contributed by atoms with E-state index in [-0.39, 0.29) is 0 Å². The number of hydrogen-bond acceptors (Lipinski definition) is 5. The number of anilines is 1. The predicted octanol–water partition coefficient (Wildman–Crippen LogP) is 2.05. The first-order valence-electron chi connectivity index (χ1n) is 6.32. The van der Waals surface area contributed by atoms with Crippen LogP contribution in [0.4, 0.5) is 5.82 Å². The Morgan fingerprint density at radius 1 is 1.53 bits per heavy atom. The maximum absolute atomic E-state index is 11.6. The average molecular weight is 275 g/mol. The molecule has 6 heteroatoms. The maximum atomic E-state index is 11.6. The van der Waals surface area contributed by atoms with E-state index in [4.69, 9.17) is 0 Å². The zero-order valence-corrected chi connectivity index (χ0v) is 11.3. The molecular formula is C13H13N3O2S. The third-order valence-electron chi connectivity index (χ3n) is 4.30. The van der Waals surface area contributed by atoms with E-state index in [0.29, 0.717) is 5.92 Å². The summed E-state index contributed by atoms with van der Waals surface area (Å²) >= 11 is 1.62. The fraction of sp³-hybridized carbons (Fsp3) is 0.462. The van der Waals surface area contributed by atoms with Crippen molar-refractivity contribution in [3.05, 3.63) is 17.3 Å². The summed E-state index contributed by atoms with van der Waals surface area (Å²) in [5.74, 6) is 0.567. The first-order chi connectivity index (χ1) is 9.10. The minimum atomic E-state index is -0.722. The smallest absolute Gasteiger partial charge is 0.329 e. The van der Waals surface area contributed by atoms with E-state index in [1.165, 1.54) is 4.88 Å². The summed E-state index contributed by atoms with van der Waals surface area (Å²) in [6.07, 6.45) is 3.03. The van der Waals surface area contributed by atoms with Crippen LogP contribution in [0.5, 0.6) is 0 Å². The number of hydrogen-bond donors (Lipinski definition) is 1. The number of nitrogens with zero attached hydrogens (tertiary/aromatic N) is 3. The third-order valence-corrected chi connectivity index (χ3v) is 5.25. The number of aryl methyl sites for hydroxylation is 1. The number of thiophene rings is 1. The molecule has 98 valence electrons. The summed E-state index contributed by atoms with van der Waals surface area (Å²) in [4.78, 5) is 24.3. The van der Waals surface area contributed by atoms with Gasteiger partial charge in [-0.1, -0.05) is 0 Å². The van der Waals surface area contributed by atoms with Crippen molar-refractivity contribution in [2.24, 2.45) is 5.92 Å². The van der Waals surface area contributed by atoms with E-state index in [2.05, 4.69) is 16.0 Å². The van der Waals surface area contributed by atoms with Crippen LogP contribution in [0.15, 0.2) is 12.4 Å². The quantitative estimate of drug-likeness (QED) is 0.908. The lowest BCUT2D eigenvalue weighted by molar-refractivity contribution is -0.145. The van der Waals surface area contributed by atoms with Gasteiger partial charge in [-0.05, 0) is 31.7 Å². The molecule has 2 aromatic rings. The molecule has 0 amide bonds. The standard InChI is InChI=1S/C13H13N3O2S/c1-7-2-9-10(14-6-15-11(9)19-7)16-5-8-3-13(16,4-8)12(17)18/h2,6,8H,3-5H2,1H3,(H,17,18). The van der Waals surface area contributed by atoms with Crippen LogP contribution in [0.3, 0.4) is 0 Å². The molecule has 1 N–H and O–H groups in total. The number of fused-ring (bicyclic) bond motifs is 2. The molecular weight excluding hydrogens is 262 g/mol. The Morgan fingerprint density at radius 3 is 3.05 bits per heavy atom. The molecule has 2 aromatic heterocycles. The van der Waals surface area contributed by atoms with E-state index in [9.17, 15) is 9.90 Å². The highest BCUT2D eigenvalue weighted by molar-refractivity contribution is 7.18. The molecule has 2 bridgehead atoms. The second kappa shape index (κ2) is 3.45. The maximum Gasteiger partial charge on any atom is 0.329 e. The SMILES string of the molecule is Cc1cc2c(N3CC4CC3(C(=O)O)C4)ncnc2s1. The van der Waals surface area contributed by atoms with Crippen LogP contribution in [0.2, 0.25) is 0 Å². The van der Waals surface area contributed by atoms with Crippen LogP contribution < -0.4 is 4.90 Å². The van der Waals surface area contributed by atoms with Gasteiger partial charge in [0.25, 0.3) is 0 Å². The van der Waals surface area contributed by atoms with Crippen molar-refractivity contribution in [1.82, 2.24) is 9.97 Å². The Kier molecular flexibility index (Phi) is 2.02. The Hall–Kier alpha value is -1.69. The lowest BCUT2D eigenvalue weighted by Crippen LogP contribution is -2.53. The Labute approximate surface area is 113 Å². The van der Waals surface area contributed by atoms with Gasteiger partial charge in [-0.2, -0.15) is 0 Å². The molecule has 3 fully saturated rings. The second-order valence-corrected chi connectivity index (χ2v) is 6.73. The molecule has 1 aliphatic carbocycles. The van der Waals surface area contributed by atoms with Crippen molar-refractivity contribution in [2.45, 2.75) is 25.3 Å². The minimum absolute atomic E-state index is 0.501. The number of carboxylic acids is 1. The predicted molar refractivity (Wildman–Crippen MR) is 72.6 cm³/mol. The second-order valence-electron chi connectivity index (χ2n) is 5.49. The summed E-state index contributed by atoms with van der Waals surface area (Å²) in [5.41, 5.74) is -0.720. The zero-order chi connectivity index (χ0) is 13.2. The summed E-state index contributed by atoms with van der Waals surface area (Å²) in [5, 5.41) is 10.5. The van der Waals surface area contributed by atoms with Crippen LogP contribution in [-0.4, -0.2) is 33.1 Å².